The Hall–Kier alpha value is 0. The van der Waals surface area contributed by atoms with Gasteiger partial charge in [0, 0.05) is 0 Å². The molecule has 0 saturated heterocycles. The van der Waals surface area contributed by atoms with Gasteiger partial charge < -0.3 is 0 Å². The van der Waals surface area contributed by atoms with Gasteiger partial charge in [-0.05, 0) is 83.9 Å². The van der Waals surface area contributed by atoms with Crippen LogP contribution in [0.5, 0.6) is 0 Å². The zero-order valence-corrected chi connectivity index (χ0v) is 33.1. The van der Waals surface area contributed by atoms with Gasteiger partial charge in [0.25, 0.3) is 0 Å². The Morgan fingerprint density at radius 2 is 0.659 bits per heavy atom. The van der Waals surface area contributed by atoms with Crippen LogP contribution in [0.2, 0.25) is 0 Å². The van der Waals surface area contributed by atoms with E-state index >= 15 is 0 Å². The lowest BCUT2D eigenvalue weighted by Gasteiger charge is -2.31. The van der Waals surface area contributed by atoms with Crippen LogP contribution in [0.25, 0.3) is 0 Å². The van der Waals surface area contributed by atoms with Gasteiger partial charge in [-0.3, -0.25) is 0 Å². The molecular formula is C44H88. The fourth-order valence-electron chi connectivity index (χ4n) is 8.69. The van der Waals surface area contributed by atoms with E-state index in [9.17, 15) is 0 Å². The molecule has 5 aliphatic carbocycles. The van der Waals surface area contributed by atoms with Gasteiger partial charge in [-0.15, -0.1) is 0 Å². The van der Waals surface area contributed by atoms with E-state index in [-0.39, 0.29) is 0 Å². The van der Waals surface area contributed by atoms with E-state index in [0.717, 1.165) is 59.2 Å². The molecule has 0 heterocycles. The van der Waals surface area contributed by atoms with E-state index in [1.165, 1.54) is 135 Å². The van der Waals surface area contributed by atoms with Crippen molar-refractivity contribution in [3.63, 3.8) is 0 Å². The highest BCUT2D eigenvalue weighted by Crippen LogP contribution is 2.44. The molecule has 0 aliphatic heterocycles. The first-order valence-corrected chi connectivity index (χ1v) is 20.7. The molecule has 0 aromatic rings. The first kappa shape index (κ1) is 42.0. The van der Waals surface area contributed by atoms with Gasteiger partial charge >= 0.3 is 0 Å². The standard InChI is InChI=1S/2C10H20.C9H18.C8H16.C7H14/c1-8(2)10-7-5-4-6-9(10)3;1-9(2)10-7-5-3-4-6-8-10;1-8(2)9-6-4-3-5-7-9;1-7(2)8-5-3-4-6-8;1-7(2,3)6-4-5-6/h8-10H,4-7H2,1-3H3;9-10H,3-8H2,1-2H3;8-9H,3-7H2,1-2H3;7-8H,3-6H2,1-2H3;6H,4-5H2,1-3H3. The minimum Gasteiger partial charge on any atom is -0.0625 e. The van der Waals surface area contributed by atoms with Crippen molar-refractivity contribution in [1.29, 1.82) is 0 Å². The van der Waals surface area contributed by atoms with E-state index in [4.69, 9.17) is 0 Å². The predicted octanol–water partition coefficient (Wildman–Crippen LogP) is 15.6. The third kappa shape index (κ3) is 19.6. The van der Waals surface area contributed by atoms with Gasteiger partial charge in [-0.1, -0.05) is 199 Å². The summed E-state index contributed by atoms with van der Waals surface area (Å²) in [7, 11) is 0. The van der Waals surface area contributed by atoms with Crippen molar-refractivity contribution in [2.75, 3.05) is 0 Å². The Labute approximate surface area is 281 Å². The van der Waals surface area contributed by atoms with Crippen LogP contribution in [0.3, 0.4) is 0 Å². The van der Waals surface area contributed by atoms with Gasteiger partial charge in [-0.2, -0.15) is 0 Å². The first-order chi connectivity index (χ1) is 20.7. The second-order valence-corrected chi connectivity index (χ2v) is 18.7. The maximum Gasteiger partial charge on any atom is -0.0354 e. The molecule has 0 bridgehead atoms. The van der Waals surface area contributed by atoms with Gasteiger partial charge in [0.2, 0.25) is 0 Å². The lowest BCUT2D eigenvalue weighted by molar-refractivity contribution is 0.196. The lowest BCUT2D eigenvalue weighted by atomic mass is 9.75. The molecule has 0 N–H and O–H groups in total. The largest absolute Gasteiger partial charge is 0.0625 e. The average molecular weight is 617 g/mol. The summed E-state index contributed by atoms with van der Waals surface area (Å²) in [5, 5.41) is 0. The molecule has 0 amide bonds. The number of rotatable bonds is 4. The van der Waals surface area contributed by atoms with Crippen LogP contribution in [-0.4, -0.2) is 0 Å². The third-order valence-corrected chi connectivity index (χ3v) is 12.6. The zero-order chi connectivity index (χ0) is 33.1. The van der Waals surface area contributed by atoms with Crippen LogP contribution in [0.15, 0.2) is 0 Å². The summed E-state index contributed by atoms with van der Waals surface area (Å²) in [6, 6.07) is 0. The van der Waals surface area contributed by atoms with Crippen molar-refractivity contribution in [1.82, 2.24) is 0 Å². The van der Waals surface area contributed by atoms with E-state index in [0.29, 0.717) is 5.41 Å². The zero-order valence-electron chi connectivity index (χ0n) is 33.1. The van der Waals surface area contributed by atoms with Crippen molar-refractivity contribution < 1.29 is 0 Å². The molecule has 5 aliphatic rings. The minimum atomic E-state index is 0.611. The van der Waals surface area contributed by atoms with Crippen LogP contribution in [-0.2, 0) is 0 Å². The Balaban J connectivity index is 0.000000276. The Morgan fingerprint density at radius 3 is 0.886 bits per heavy atom. The van der Waals surface area contributed by atoms with Crippen molar-refractivity contribution in [2.45, 2.75) is 218 Å². The van der Waals surface area contributed by atoms with Crippen molar-refractivity contribution in [2.24, 2.45) is 64.6 Å². The van der Waals surface area contributed by atoms with E-state index < -0.39 is 0 Å². The normalized spacial score (nSPS) is 25.6. The SMILES string of the molecule is CC(C)(C)C1CC1.CC(C)C1CCCC1.CC(C)C1CCCCC1.CC(C)C1CCCCC1C.CC(C)C1CCCCCC1. The Morgan fingerprint density at radius 1 is 0.364 bits per heavy atom. The third-order valence-electron chi connectivity index (χ3n) is 12.6. The molecule has 0 nitrogen and oxygen atoms in total. The average Bonchev–Trinajstić information content (AvgIpc) is 3.76. The Bertz CT molecular complexity index is 623. The smallest absolute Gasteiger partial charge is 0.0354 e. The molecule has 5 saturated carbocycles. The molecule has 44 heavy (non-hydrogen) atoms. The van der Waals surface area contributed by atoms with Crippen LogP contribution in [0, 0.1) is 64.6 Å². The summed E-state index contributed by atoms with van der Waals surface area (Å²) >= 11 is 0. The second kappa shape index (κ2) is 23.3. The Kier molecular flexibility index (Phi) is 22.3. The van der Waals surface area contributed by atoms with E-state index in [1.54, 1.807) is 0 Å². The molecule has 264 valence electrons. The minimum absolute atomic E-state index is 0.611. The molecule has 0 aromatic carbocycles. The molecule has 0 radical (unpaired) electrons. The topological polar surface area (TPSA) is 0 Å². The summed E-state index contributed by atoms with van der Waals surface area (Å²) in [6.07, 6.45) is 31.3. The van der Waals surface area contributed by atoms with Gasteiger partial charge in [0.1, 0.15) is 0 Å². The number of hydrogen-bond donors (Lipinski definition) is 0. The highest BCUT2D eigenvalue weighted by atomic mass is 14.4. The van der Waals surface area contributed by atoms with E-state index in [2.05, 4.69) is 83.1 Å². The van der Waals surface area contributed by atoms with Crippen LogP contribution in [0.4, 0.5) is 0 Å². The van der Waals surface area contributed by atoms with Gasteiger partial charge in [0.05, 0.1) is 0 Å². The monoisotopic (exact) mass is 617 g/mol. The lowest BCUT2D eigenvalue weighted by Crippen LogP contribution is -2.21. The van der Waals surface area contributed by atoms with Gasteiger partial charge in [-0.25, -0.2) is 0 Å². The predicted molar refractivity (Wildman–Crippen MR) is 202 cm³/mol. The molecule has 5 fully saturated rings. The van der Waals surface area contributed by atoms with Crippen LogP contribution in [0.1, 0.15) is 218 Å². The molecule has 2 atom stereocenters. The fraction of sp³-hybridized carbons (Fsp3) is 1.00. The summed E-state index contributed by atoms with van der Waals surface area (Å²) in [6.45, 7) is 28.3. The summed E-state index contributed by atoms with van der Waals surface area (Å²) in [5.74, 6) is 9.95. The summed E-state index contributed by atoms with van der Waals surface area (Å²) < 4.78 is 0. The maximum absolute atomic E-state index is 2.42. The first-order valence-electron chi connectivity index (χ1n) is 20.7. The molecule has 5 rings (SSSR count). The van der Waals surface area contributed by atoms with Crippen molar-refractivity contribution >= 4 is 0 Å². The molecule has 0 heteroatoms. The quantitative estimate of drug-likeness (QED) is 0.276. The second-order valence-electron chi connectivity index (χ2n) is 18.7. The van der Waals surface area contributed by atoms with Crippen molar-refractivity contribution in [3.05, 3.63) is 0 Å². The highest BCUT2D eigenvalue weighted by Gasteiger charge is 2.33. The number of hydrogen-bond acceptors (Lipinski definition) is 0. The fourth-order valence-corrected chi connectivity index (χ4v) is 8.69. The van der Waals surface area contributed by atoms with Crippen LogP contribution >= 0.6 is 0 Å². The van der Waals surface area contributed by atoms with Crippen LogP contribution < -0.4 is 0 Å². The summed E-state index contributed by atoms with van der Waals surface area (Å²) in [5.41, 5.74) is 0.611. The maximum atomic E-state index is 2.42. The molecule has 2 unspecified atom stereocenters. The van der Waals surface area contributed by atoms with E-state index in [1.807, 2.05) is 0 Å². The molecular weight excluding hydrogens is 528 g/mol. The summed E-state index contributed by atoms with van der Waals surface area (Å²) in [4.78, 5) is 0. The van der Waals surface area contributed by atoms with Gasteiger partial charge in [0.15, 0.2) is 0 Å². The molecule has 0 aromatic heterocycles. The molecule has 0 spiro atoms. The highest BCUT2D eigenvalue weighted by molar-refractivity contribution is 4.84. The van der Waals surface area contributed by atoms with Crippen molar-refractivity contribution in [3.8, 4) is 0 Å².